The maximum Gasteiger partial charge on any atom is 0.223 e. The van der Waals surface area contributed by atoms with E-state index in [0.29, 0.717) is 12.3 Å². The molecule has 156 valence electrons. The SMILES string of the molecule is CCOC(CCNC(=NC)NCCCC(=O)N1Cc2ccccc2C1)C(C)C. The van der Waals surface area contributed by atoms with Gasteiger partial charge in [0.25, 0.3) is 0 Å². The number of ether oxygens (including phenoxy) is 1. The fourth-order valence-corrected chi connectivity index (χ4v) is 3.49. The molecule has 0 saturated carbocycles. The molecule has 1 aliphatic heterocycles. The number of carbonyl (C=O) groups excluding carboxylic acids is 1. The summed E-state index contributed by atoms with van der Waals surface area (Å²) in [6, 6.07) is 8.28. The average Bonchev–Trinajstić information content (AvgIpc) is 3.13. The van der Waals surface area contributed by atoms with Crippen molar-refractivity contribution < 1.29 is 9.53 Å². The van der Waals surface area contributed by atoms with Crippen molar-refractivity contribution >= 4 is 11.9 Å². The van der Waals surface area contributed by atoms with E-state index in [1.165, 1.54) is 11.1 Å². The molecule has 2 rings (SSSR count). The van der Waals surface area contributed by atoms with Crippen molar-refractivity contribution in [1.82, 2.24) is 15.5 Å². The molecule has 0 spiro atoms. The molecule has 2 N–H and O–H groups in total. The molecule has 1 aliphatic rings. The first-order chi connectivity index (χ1) is 13.5. The Morgan fingerprint density at radius 3 is 2.39 bits per heavy atom. The molecule has 1 atom stereocenters. The Hall–Kier alpha value is -2.08. The summed E-state index contributed by atoms with van der Waals surface area (Å²) in [5.74, 6) is 1.50. The molecule has 0 radical (unpaired) electrons. The summed E-state index contributed by atoms with van der Waals surface area (Å²) < 4.78 is 5.77. The van der Waals surface area contributed by atoms with E-state index in [1.807, 2.05) is 24.0 Å². The second kappa shape index (κ2) is 11.7. The van der Waals surface area contributed by atoms with Crippen LogP contribution >= 0.6 is 0 Å². The summed E-state index contributed by atoms with van der Waals surface area (Å²) in [6.45, 7) is 10.2. The van der Waals surface area contributed by atoms with Crippen LogP contribution in [0.2, 0.25) is 0 Å². The lowest BCUT2D eigenvalue weighted by Gasteiger charge is -2.21. The van der Waals surface area contributed by atoms with Gasteiger partial charge in [-0.15, -0.1) is 0 Å². The molecule has 1 unspecified atom stereocenters. The number of carbonyl (C=O) groups is 1. The van der Waals surface area contributed by atoms with Crippen molar-refractivity contribution in [2.45, 2.75) is 59.2 Å². The molecular formula is C22H36N4O2. The van der Waals surface area contributed by atoms with Gasteiger partial charge in [0.15, 0.2) is 5.96 Å². The molecule has 0 aromatic heterocycles. The summed E-state index contributed by atoms with van der Waals surface area (Å²) >= 11 is 0. The van der Waals surface area contributed by atoms with Crippen LogP contribution in [0.25, 0.3) is 0 Å². The first-order valence-electron chi connectivity index (χ1n) is 10.5. The third-order valence-electron chi connectivity index (χ3n) is 5.12. The molecule has 0 saturated heterocycles. The van der Waals surface area contributed by atoms with Crippen molar-refractivity contribution in [2.75, 3.05) is 26.7 Å². The topological polar surface area (TPSA) is 66.0 Å². The van der Waals surface area contributed by atoms with Crippen molar-refractivity contribution in [2.24, 2.45) is 10.9 Å². The highest BCUT2D eigenvalue weighted by Gasteiger charge is 2.22. The minimum Gasteiger partial charge on any atom is -0.378 e. The summed E-state index contributed by atoms with van der Waals surface area (Å²) in [7, 11) is 1.77. The van der Waals surface area contributed by atoms with E-state index < -0.39 is 0 Å². The Labute approximate surface area is 169 Å². The van der Waals surface area contributed by atoms with Crippen molar-refractivity contribution in [3.8, 4) is 0 Å². The van der Waals surface area contributed by atoms with Crippen LogP contribution in [0.3, 0.4) is 0 Å². The predicted octanol–water partition coefficient (Wildman–Crippen LogP) is 2.93. The zero-order valence-corrected chi connectivity index (χ0v) is 17.8. The first-order valence-corrected chi connectivity index (χ1v) is 10.5. The Bertz CT molecular complexity index is 620. The zero-order chi connectivity index (χ0) is 20.4. The molecule has 0 bridgehead atoms. The molecule has 1 aromatic carbocycles. The van der Waals surface area contributed by atoms with Gasteiger partial charge in [-0.1, -0.05) is 38.1 Å². The Morgan fingerprint density at radius 1 is 1.18 bits per heavy atom. The lowest BCUT2D eigenvalue weighted by molar-refractivity contribution is -0.131. The highest BCUT2D eigenvalue weighted by molar-refractivity contribution is 5.80. The number of hydrogen-bond donors (Lipinski definition) is 2. The molecule has 28 heavy (non-hydrogen) atoms. The van der Waals surface area contributed by atoms with Crippen LogP contribution in [0.5, 0.6) is 0 Å². The van der Waals surface area contributed by atoms with E-state index in [0.717, 1.165) is 51.6 Å². The molecule has 6 nitrogen and oxygen atoms in total. The second-order valence-corrected chi connectivity index (χ2v) is 7.57. The summed E-state index contributed by atoms with van der Waals surface area (Å²) in [4.78, 5) is 18.6. The number of nitrogens with zero attached hydrogens (tertiary/aromatic N) is 2. The molecular weight excluding hydrogens is 352 g/mol. The van der Waals surface area contributed by atoms with Crippen molar-refractivity contribution in [1.29, 1.82) is 0 Å². The zero-order valence-electron chi connectivity index (χ0n) is 17.8. The monoisotopic (exact) mass is 388 g/mol. The number of rotatable bonds is 10. The quantitative estimate of drug-likeness (QED) is 0.367. The van der Waals surface area contributed by atoms with Crippen molar-refractivity contribution in [3.05, 3.63) is 35.4 Å². The smallest absolute Gasteiger partial charge is 0.223 e. The van der Waals surface area contributed by atoms with Gasteiger partial charge in [0, 0.05) is 46.3 Å². The van der Waals surface area contributed by atoms with Gasteiger partial charge in [0.1, 0.15) is 0 Å². The van der Waals surface area contributed by atoms with Gasteiger partial charge in [-0.05, 0) is 36.8 Å². The second-order valence-electron chi connectivity index (χ2n) is 7.57. The highest BCUT2D eigenvalue weighted by Crippen LogP contribution is 2.22. The highest BCUT2D eigenvalue weighted by atomic mass is 16.5. The minimum absolute atomic E-state index is 0.220. The lowest BCUT2D eigenvalue weighted by Crippen LogP contribution is -2.40. The molecule has 1 aromatic rings. The summed E-state index contributed by atoms with van der Waals surface area (Å²) in [5, 5.41) is 6.63. The van der Waals surface area contributed by atoms with Crippen LogP contribution in [-0.2, 0) is 22.6 Å². The largest absolute Gasteiger partial charge is 0.378 e. The maximum absolute atomic E-state index is 12.4. The molecule has 0 aliphatic carbocycles. The number of amides is 1. The van der Waals surface area contributed by atoms with Gasteiger partial charge in [-0.25, -0.2) is 0 Å². The lowest BCUT2D eigenvalue weighted by atomic mass is 10.0. The third-order valence-corrected chi connectivity index (χ3v) is 5.12. The number of fused-ring (bicyclic) bond motifs is 1. The van der Waals surface area contributed by atoms with E-state index in [1.54, 1.807) is 7.05 Å². The standard InChI is InChI=1S/C22H36N4O2/c1-5-28-20(17(2)3)12-14-25-22(23-4)24-13-8-11-21(27)26-15-18-9-6-7-10-19(18)16-26/h6-7,9-10,17,20H,5,8,11-16H2,1-4H3,(H2,23,24,25). The van der Waals surface area contributed by atoms with Gasteiger partial charge in [0.05, 0.1) is 6.10 Å². The Kier molecular flexibility index (Phi) is 9.28. The van der Waals surface area contributed by atoms with Crippen LogP contribution < -0.4 is 10.6 Å². The van der Waals surface area contributed by atoms with Crippen LogP contribution in [0.1, 0.15) is 51.2 Å². The van der Waals surface area contributed by atoms with E-state index in [4.69, 9.17) is 4.74 Å². The molecule has 1 heterocycles. The predicted molar refractivity (Wildman–Crippen MR) is 114 cm³/mol. The van der Waals surface area contributed by atoms with Crippen LogP contribution in [0, 0.1) is 5.92 Å². The van der Waals surface area contributed by atoms with Crippen molar-refractivity contribution in [3.63, 3.8) is 0 Å². The van der Waals surface area contributed by atoms with Gasteiger partial charge in [-0.2, -0.15) is 0 Å². The minimum atomic E-state index is 0.220. The van der Waals surface area contributed by atoms with Crippen LogP contribution in [-0.4, -0.2) is 49.6 Å². The fourth-order valence-electron chi connectivity index (χ4n) is 3.49. The average molecular weight is 389 g/mol. The molecule has 6 heteroatoms. The first kappa shape index (κ1) is 22.2. The Balaban J connectivity index is 1.62. The molecule has 0 fully saturated rings. The number of aliphatic imine (C=N–C) groups is 1. The van der Waals surface area contributed by atoms with Crippen LogP contribution in [0.15, 0.2) is 29.3 Å². The van der Waals surface area contributed by atoms with Gasteiger partial charge in [0.2, 0.25) is 5.91 Å². The van der Waals surface area contributed by atoms with Gasteiger partial charge < -0.3 is 20.3 Å². The van der Waals surface area contributed by atoms with Gasteiger partial charge in [-0.3, -0.25) is 9.79 Å². The number of guanidine groups is 1. The maximum atomic E-state index is 12.4. The number of benzene rings is 1. The normalized spacial score (nSPS) is 14.9. The number of nitrogens with one attached hydrogen (secondary N) is 2. The van der Waals surface area contributed by atoms with Crippen LogP contribution in [0.4, 0.5) is 0 Å². The summed E-state index contributed by atoms with van der Waals surface area (Å²) in [6.07, 6.45) is 2.55. The van der Waals surface area contributed by atoms with E-state index in [2.05, 4.69) is 41.6 Å². The van der Waals surface area contributed by atoms with E-state index >= 15 is 0 Å². The van der Waals surface area contributed by atoms with Gasteiger partial charge >= 0.3 is 0 Å². The Morgan fingerprint density at radius 2 is 1.82 bits per heavy atom. The third kappa shape index (κ3) is 6.82. The van der Waals surface area contributed by atoms with E-state index in [-0.39, 0.29) is 12.0 Å². The number of hydrogen-bond acceptors (Lipinski definition) is 3. The van der Waals surface area contributed by atoms with E-state index in [9.17, 15) is 4.79 Å². The summed E-state index contributed by atoms with van der Waals surface area (Å²) in [5.41, 5.74) is 2.54. The molecule has 1 amide bonds. The fraction of sp³-hybridized carbons (Fsp3) is 0.636.